The first-order valence-electron chi connectivity index (χ1n) is 7.57. The van der Waals surface area contributed by atoms with Crippen LogP contribution in [0.4, 0.5) is 5.69 Å². The van der Waals surface area contributed by atoms with Gasteiger partial charge in [0.25, 0.3) is 5.69 Å². The molecule has 7 nitrogen and oxygen atoms in total. The van der Waals surface area contributed by atoms with Crippen LogP contribution in [-0.2, 0) is 11.3 Å². The maximum Gasteiger partial charge on any atom is 0.345 e. The lowest BCUT2D eigenvalue weighted by atomic mass is 10.1. The van der Waals surface area contributed by atoms with Gasteiger partial charge < -0.3 is 14.2 Å². The molecule has 0 aliphatic carbocycles. The second-order valence-corrected chi connectivity index (χ2v) is 6.23. The first-order chi connectivity index (χ1) is 12.5. The van der Waals surface area contributed by atoms with Crippen LogP contribution < -0.4 is 9.47 Å². The fourth-order valence-electron chi connectivity index (χ4n) is 2.55. The number of ether oxygens (including phenoxy) is 3. The zero-order valence-corrected chi connectivity index (χ0v) is 14.9. The van der Waals surface area contributed by atoms with Crippen LogP contribution in [0, 0.1) is 10.1 Å². The van der Waals surface area contributed by atoms with Gasteiger partial charge in [0.05, 0.1) is 25.2 Å². The van der Waals surface area contributed by atoms with Gasteiger partial charge in [0.15, 0.2) is 11.5 Å². The first kappa shape index (κ1) is 17.7. The molecule has 26 heavy (non-hydrogen) atoms. The van der Waals surface area contributed by atoms with Crippen molar-refractivity contribution in [1.82, 2.24) is 0 Å². The SMILES string of the molecule is COc1cc(C(=O)OCc2csc3ccccc23)c([N+](=O)[O-])cc1OC. The van der Waals surface area contributed by atoms with Crippen LogP contribution >= 0.6 is 11.3 Å². The predicted octanol–water partition coefficient (Wildman–Crippen LogP) is 4.18. The summed E-state index contributed by atoms with van der Waals surface area (Å²) in [5, 5.41) is 14.2. The van der Waals surface area contributed by atoms with Crippen LogP contribution in [0.3, 0.4) is 0 Å². The molecule has 3 aromatic rings. The largest absolute Gasteiger partial charge is 0.493 e. The third-order valence-corrected chi connectivity index (χ3v) is 4.85. The van der Waals surface area contributed by atoms with E-state index < -0.39 is 16.6 Å². The number of methoxy groups -OCH3 is 2. The summed E-state index contributed by atoms with van der Waals surface area (Å²) in [6.45, 7) is 0.0222. The molecule has 0 N–H and O–H groups in total. The molecule has 3 rings (SSSR count). The molecule has 0 aliphatic heterocycles. The molecule has 0 unspecified atom stereocenters. The van der Waals surface area contributed by atoms with Gasteiger partial charge in [-0.05, 0) is 16.8 Å². The summed E-state index contributed by atoms with van der Waals surface area (Å²) in [4.78, 5) is 23.1. The highest BCUT2D eigenvalue weighted by Gasteiger charge is 2.26. The first-order valence-corrected chi connectivity index (χ1v) is 8.45. The van der Waals surface area contributed by atoms with E-state index in [1.807, 2.05) is 29.6 Å². The van der Waals surface area contributed by atoms with Gasteiger partial charge in [-0.25, -0.2) is 4.79 Å². The fraction of sp³-hybridized carbons (Fsp3) is 0.167. The second-order valence-electron chi connectivity index (χ2n) is 5.31. The summed E-state index contributed by atoms with van der Waals surface area (Å²) in [5.74, 6) is -0.418. The number of rotatable bonds is 6. The van der Waals surface area contributed by atoms with Crippen LogP contribution in [0.2, 0.25) is 0 Å². The van der Waals surface area contributed by atoms with Gasteiger partial charge in [-0.1, -0.05) is 18.2 Å². The molecule has 8 heteroatoms. The normalized spacial score (nSPS) is 10.5. The van der Waals surface area contributed by atoms with Gasteiger partial charge in [0.1, 0.15) is 12.2 Å². The number of fused-ring (bicyclic) bond motifs is 1. The number of nitro groups is 1. The Labute approximate surface area is 152 Å². The van der Waals surface area contributed by atoms with Gasteiger partial charge in [-0.15, -0.1) is 11.3 Å². The minimum atomic E-state index is -0.798. The molecular weight excluding hydrogens is 358 g/mol. The van der Waals surface area contributed by atoms with Crippen molar-refractivity contribution in [2.24, 2.45) is 0 Å². The van der Waals surface area contributed by atoms with Gasteiger partial charge in [-0.3, -0.25) is 10.1 Å². The molecule has 0 amide bonds. The van der Waals surface area contributed by atoms with Crippen molar-refractivity contribution in [3.05, 3.63) is 63.0 Å². The molecule has 1 aromatic heterocycles. The maximum absolute atomic E-state index is 12.4. The van der Waals surface area contributed by atoms with Gasteiger partial charge in [0.2, 0.25) is 0 Å². The monoisotopic (exact) mass is 373 g/mol. The van der Waals surface area contributed by atoms with E-state index in [1.54, 1.807) is 11.3 Å². The number of esters is 1. The highest BCUT2D eigenvalue weighted by atomic mass is 32.1. The van der Waals surface area contributed by atoms with E-state index in [0.717, 1.165) is 21.7 Å². The number of carbonyl (C=O) groups excluding carboxylic acids is 1. The van der Waals surface area contributed by atoms with E-state index in [4.69, 9.17) is 14.2 Å². The van der Waals surface area contributed by atoms with Crippen molar-refractivity contribution < 1.29 is 23.9 Å². The summed E-state index contributed by atoms with van der Waals surface area (Å²) in [6, 6.07) is 10.2. The lowest BCUT2D eigenvalue weighted by molar-refractivity contribution is -0.385. The van der Waals surface area contributed by atoms with Crippen molar-refractivity contribution in [2.45, 2.75) is 6.61 Å². The molecule has 0 saturated heterocycles. The van der Waals surface area contributed by atoms with E-state index in [9.17, 15) is 14.9 Å². The summed E-state index contributed by atoms with van der Waals surface area (Å²) in [6.07, 6.45) is 0. The molecule has 0 radical (unpaired) electrons. The summed E-state index contributed by atoms with van der Waals surface area (Å²) < 4.78 is 16.6. The zero-order chi connectivity index (χ0) is 18.7. The number of nitrogens with zero attached hydrogens (tertiary/aromatic N) is 1. The third kappa shape index (κ3) is 3.31. The number of nitro benzene ring substituents is 1. The smallest absolute Gasteiger partial charge is 0.345 e. The quantitative estimate of drug-likeness (QED) is 0.366. The van der Waals surface area contributed by atoms with Crippen LogP contribution in [0.25, 0.3) is 10.1 Å². The van der Waals surface area contributed by atoms with Crippen LogP contribution in [0.15, 0.2) is 41.8 Å². The van der Waals surface area contributed by atoms with Crippen molar-refractivity contribution in [3.63, 3.8) is 0 Å². The molecule has 0 bridgehead atoms. The molecule has 134 valence electrons. The average molecular weight is 373 g/mol. The van der Waals surface area contributed by atoms with E-state index in [2.05, 4.69) is 0 Å². The second kappa shape index (κ2) is 7.40. The number of carbonyl (C=O) groups is 1. The van der Waals surface area contributed by atoms with Crippen molar-refractivity contribution in [1.29, 1.82) is 0 Å². The zero-order valence-electron chi connectivity index (χ0n) is 14.1. The van der Waals surface area contributed by atoms with Crippen molar-refractivity contribution >= 4 is 33.1 Å². The highest BCUT2D eigenvalue weighted by Crippen LogP contribution is 2.35. The number of hydrogen-bond acceptors (Lipinski definition) is 7. The number of thiophene rings is 1. The molecule has 0 saturated carbocycles. The van der Waals surface area contributed by atoms with Crippen molar-refractivity contribution in [2.75, 3.05) is 14.2 Å². The molecule has 0 fully saturated rings. The number of hydrogen-bond donors (Lipinski definition) is 0. The standard InChI is InChI=1S/C18H15NO6S/c1-23-15-7-13(14(19(21)22)8-16(15)24-2)18(20)25-9-11-10-26-17-6-4-3-5-12(11)17/h3-8,10H,9H2,1-2H3. The Morgan fingerprint density at radius 1 is 1.15 bits per heavy atom. The Bertz CT molecular complexity index is 981. The average Bonchev–Trinajstić information content (AvgIpc) is 3.08. The van der Waals surface area contributed by atoms with Crippen LogP contribution in [-0.4, -0.2) is 25.1 Å². The molecule has 0 aliphatic rings. The Hall–Kier alpha value is -3.13. The Balaban J connectivity index is 1.88. The molecule has 0 atom stereocenters. The topological polar surface area (TPSA) is 87.9 Å². The summed E-state index contributed by atoms with van der Waals surface area (Å²) in [7, 11) is 2.75. The van der Waals surface area contributed by atoms with E-state index >= 15 is 0 Å². The fourth-order valence-corrected chi connectivity index (χ4v) is 3.50. The summed E-state index contributed by atoms with van der Waals surface area (Å²) >= 11 is 1.54. The lowest BCUT2D eigenvalue weighted by Gasteiger charge is -2.10. The van der Waals surface area contributed by atoms with Gasteiger partial charge >= 0.3 is 5.97 Å². The van der Waals surface area contributed by atoms with Crippen LogP contribution in [0.5, 0.6) is 11.5 Å². The van der Waals surface area contributed by atoms with Crippen molar-refractivity contribution in [3.8, 4) is 11.5 Å². The maximum atomic E-state index is 12.4. The lowest BCUT2D eigenvalue weighted by Crippen LogP contribution is -2.09. The highest BCUT2D eigenvalue weighted by molar-refractivity contribution is 7.17. The molecule has 2 aromatic carbocycles. The minimum absolute atomic E-state index is 0.0222. The number of benzene rings is 2. The molecule has 1 heterocycles. The molecular formula is C18H15NO6S. The summed E-state index contributed by atoms with van der Waals surface area (Å²) in [5.41, 5.74) is 0.261. The van der Waals surface area contributed by atoms with Gasteiger partial charge in [0, 0.05) is 16.3 Å². The minimum Gasteiger partial charge on any atom is -0.493 e. The Kier molecular flexibility index (Phi) is 5.04. The van der Waals surface area contributed by atoms with E-state index in [-0.39, 0.29) is 23.7 Å². The molecule has 0 spiro atoms. The Morgan fingerprint density at radius 3 is 2.54 bits per heavy atom. The van der Waals surface area contributed by atoms with E-state index in [1.165, 1.54) is 20.3 Å². The van der Waals surface area contributed by atoms with Gasteiger partial charge in [-0.2, -0.15) is 0 Å². The predicted molar refractivity (Wildman–Crippen MR) is 97.1 cm³/mol. The van der Waals surface area contributed by atoms with Crippen LogP contribution in [0.1, 0.15) is 15.9 Å². The Morgan fingerprint density at radius 2 is 1.85 bits per heavy atom. The van der Waals surface area contributed by atoms with E-state index in [0.29, 0.717) is 0 Å². The third-order valence-electron chi connectivity index (χ3n) is 3.84.